The van der Waals surface area contributed by atoms with Crippen LogP contribution in [0.3, 0.4) is 0 Å². The van der Waals surface area contributed by atoms with E-state index in [2.05, 4.69) is 276 Å². The Bertz CT molecular complexity index is 3100. The number of rotatable bonds is 16. The third-order valence-electron chi connectivity index (χ3n) is 18.9. The Morgan fingerprint density at radius 3 is 0.840 bits per heavy atom. The van der Waals surface area contributed by atoms with E-state index >= 15 is 0 Å². The fourth-order valence-corrected chi connectivity index (χ4v) is 12.8. The first-order chi connectivity index (χ1) is 42.4. The zero-order valence-corrected chi connectivity index (χ0v) is 68.0. The van der Waals surface area contributed by atoms with Gasteiger partial charge in [0.05, 0.1) is 0 Å². The first-order valence-corrected chi connectivity index (χ1v) is 32.8. The van der Waals surface area contributed by atoms with E-state index in [0.717, 1.165) is 46.2 Å². The van der Waals surface area contributed by atoms with Crippen molar-refractivity contribution in [3.05, 3.63) is 273 Å². The molecule has 0 aliphatic heterocycles. The van der Waals surface area contributed by atoms with Crippen LogP contribution in [-0.4, -0.2) is 120 Å². The molecule has 12 heteroatoms. The Labute approximate surface area is 625 Å². The van der Waals surface area contributed by atoms with E-state index in [-0.39, 0.29) is 118 Å². The monoisotopic (exact) mass is 1530 g/mol. The van der Waals surface area contributed by atoms with Crippen LogP contribution in [0.25, 0.3) is 0 Å². The maximum absolute atomic E-state index is 14.0. The number of benzene rings is 8. The van der Waals surface area contributed by atoms with Gasteiger partial charge in [-0.1, -0.05) is 305 Å². The number of likely N-dealkylation sites (N-methyl/N-ethyl adjacent to an activating group) is 2. The van der Waals surface area contributed by atoms with Crippen LogP contribution >= 0.6 is 0 Å². The Morgan fingerprint density at radius 2 is 0.606 bits per heavy atom. The summed E-state index contributed by atoms with van der Waals surface area (Å²) in [6, 6.07) is 73.2. The number of nitrogens with zero attached hydrogens (tertiary/aromatic N) is 2. The van der Waals surface area contributed by atoms with Crippen LogP contribution in [0, 0.1) is 13.8 Å². The van der Waals surface area contributed by atoms with Crippen LogP contribution in [0.1, 0.15) is 180 Å². The second kappa shape index (κ2) is 42.6. The molecule has 0 saturated heterocycles. The summed E-state index contributed by atoms with van der Waals surface area (Å²) in [5.74, 6) is 0.336. The molecule has 2 fully saturated rings. The molecule has 8 aromatic rings. The maximum Gasteiger partial charge on any atom is 3.00 e. The first kappa shape index (κ1) is 87.8. The largest absolute Gasteiger partial charge is 3.00 e. The van der Waals surface area contributed by atoms with Crippen molar-refractivity contribution in [2.75, 3.05) is 34.8 Å². The third-order valence-corrected chi connectivity index (χ3v) is 18.9. The molecule has 7 nitrogen and oxygen atoms in total. The molecular weight excluding hydrogens is 1420 g/mol. The average molecular weight is 1530 g/mol. The fraction of sp³-hybridized carbons (Fsp3) is 0.415. The van der Waals surface area contributed by atoms with Gasteiger partial charge in [-0.25, -0.2) is 0 Å². The predicted molar refractivity (Wildman–Crippen MR) is 384 cm³/mol. The van der Waals surface area contributed by atoms with E-state index in [4.69, 9.17) is 5.11 Å². The summed E-state index contributed by atoms with van der Waals surface area (Å²) in [7, 11) is 8.70. The van der Waals surface area contributed by atoms with Crippen molar-refractivity contribution in [3.63, 3.8) is 0 Å². The molecule has 94 heavy (non-hydrogen) atoms. The Kier molecular flexibility index (Phi) is 39.7. The molecule has 0 spiro atoms. The number of hydrogen-bond donors (Lipinski definition) is 2. The van der Waals surface area contributed by atoms with Gasteiger partial charge in [0.25, 0.3) is 0 Å². The topological polar surface area (TPSA) is 99.7 Å². The van der Waals surface area contributed by atoms with Gasteiger partial charge in [-0.3, -0.25) is 0 Å². The molecule has 0 aromatic heterocycles. The first-order valence-electron chi connectivity index (χ1n) is 32.8. The van der Waals surface area contributed by atoms with Crippen molar-refractivity contribution >= 4 is 51.7 Å². The second-order valence-corrected chi connectivity index (χ2v) is 27.2. The Hall–Kier alpha value is -4.23. The van der Waals surface area contributed by atoms with E-state index in [1.165, 1.54) is 71.9 Å². The average Bonchev–Trinajstić information content (AvgIpc) is 0.766. The molecule has 8 aromatic carbocycles. The standard InChI is InChI=1S/2C33H44N2O.2C7H8.C2H5O.3ClH.2In/c2*1-32(2,25-15-9-7-10-16-25)27-21-24(23-34-29-19-13-14-20-30(29)35(5)6)31(36)28(22-27)33(3,4)26-17-11-8-12-18-26;2*1-7-5-3-2-4-6-7;1-2-3;;;;;/h2*7-12,15-18,21-22,29-30,34,36H,13-14,19-20,23H2,1-6H3;2*2-6H,1H3;2H2,1H3;3*1H;;/q;;;;-1;;;;2*+3/p-5/t2*29-,30-;;;;;;;;/m00......../s1. The summed E-state index contributed by atoms with van der Waals surface area (Å²) in [6.07, 6.45) is 9.81. The van der Waals surface area contributed by atoms with Crippen LogP contribution in [-0.2, 0) is 34.7 Å². The zero-order chi connectivity index (χ0) is 64.8. The smallest absolute Gasteiger partial charge is 1.00 e. The molecule has 0 unspecified atom stereocenters. The predicted octanol–water partition coefficient (Wildman–Crippen LogP) is 6.36. The van der Waals surface area contributed by atoms with Gasteiger partial charge < -0.3 is 73.0 Å². The van der Waals surface area contributed by atoms with Crippen molar-refractivity contribution in [1.29, 1.82) is 0 Å². The minimum absolute atomic E-state index is 0. The summed E-state index contributed by atoms with van der Waals surface area (Å²) in [5, 5.41) is 44.6. The minimum Gasteiger partial charge on any atom is -1.00 e. The second-order valence-electron chi connectivity index (χ2n) is 27.2. The molecule has 2 aliphatic carbocycles. The summed E-state index contributed by atoms with van der Waals surface area (Å²) in [6.45, 7) is 24.7. The van der Waals surface area contributed by atoms with E-state index in [1.807, 2.05) is 48.5 Å². The number of halogens is 3. The van der Waals surface area contributed by atoms with Crippen molar-refractivity contribution in [2.24, 2.45) is 0 Å². The molecule has 2 saturated carbocycles. The van der Waals surface area contributed by atoms with Gasteiger partial charge in [0.15, 0.2) is 0 Å². The van der Waals surface area contributed by atoms with Crippen LogP contribution in [0.15, 0.2) is 206 Å². The summed E-state index contributed by atoms with van der Waals surface area (Å²) in [4.78, 5) is 4.68. The molecular formula is C82H107Cl3In2N4O3. The Balaban J connectivity index is 0.000000718. The normalized spacial score (nSPS) is 16.0. The quantitative estimate of drug-likeness (QED) is 0.116. The summed E-state index contributed by atoms with van der Waals surface area (Å²) >= 11 is 0. The maximum atomic E-state index is 14.0. The molecule has 4 atom stereocenters. The fourth-order valence-electron chi connectivity index (χ4n) is 12.8. The summed E-state index contributed by atoms with van der Waals surface area (Å²) in [5.41, 5.74) is 12.1. The van der Waals surface area contributed by atoms with Crippen molar-refractivity contribution in [3.8, 4) is 11.5 Å². The van der Waals surface area contributed by atoms with Crippen LogP contribution in [0.2, 0.25) is 0 Å². The van der Waals surface area contributed by atoms with Crippen LogP contribution in [0.5, 0.6) is 11.5 Å². The van der Waals surface area contributed by atoms with Crippen LogP contribution < -0.4 is 63.2 Å². The molecule has 500 valence electrons. The van der Waals surface area contributed by atoms with Crippen molar-refractivity contribution < 1.29 is 52.5 Å². The van der Waals surface area contributed by atoms with Crippen molar-refractivity contribution in [1.82, 2.24) is 20.4 Å². The SMILES string of the molecule is CC[O-].CN(C)[C@H]1CCCC[C@@H]1NCc1cc(C(C)(C)c2ccccc2)cc(C(C)(C)c2ccccc2)c1[O-].CN(C)[C@H]1CCCC[C@@H]1NCc1cc(C(C)(C)c2ccccc2)cc(C(C)(C)c2ccccc2)c1[O-].Cc1ccccc1.Cc1ccccc1.[Cl-].[Cl-].[Cl-].[In+3].[In+3]. The van der Waals surface area contributed by atoms with Gasteiger partial charge in [-0.2, -0.15) is 0 Å². The van der Waals surface area contributed by atoms with E-state index in [9.17, 15) is 10.2 Å². The minimum atomic E-state index is -0.396. The van der Waals surface area contributed by atoms with Gasteiger partial charge in [0, 0.05) is 58.9 Å². The summed E-state index contributed by atoms with van der Waals surface area (Å²) < 4.78 is 0. The number of hydrogen-bond acceptors (Lipinski definition) is 7. The molecule has 0 heterocycles. The third kappa shape index (κ3) is 24.6. The van der Waals surface area contributed by atoms with Crippen LogP contribution in [0.4, 0.5) is 0 Å². The van der Waals surface area contributed by atoms with E-state index < -0.39 is 10.8 Å². The zero-order valence-electron chi connectivity index (χ0n) is 59.1. The van der Waals surface area contributed by atoms with Crippen molar-refractivity contribution in [2.45, 2.75) is 186 Å². The molecule has 0 amide bonds. The molecule has 10 rings (SSSR count). The molecule has 2 aliphatic rings. The number of aryl methyl sites for hydroxylation is 2. The van der Waals surface area contributed by atoms with Gasteiger partial charge >= 0.3 is 51.7 Å². The molecule has 0 radical (unpaired) electrons. The molecule has 0 bridgehead atoms. The van der Waals surface area contributed by atoms with Gasteiger partial charge in [0.2, 0.25) is 0 Å². The van der Waals surface area contributed by atoms with E-state index in [1.54, 1.807) is 6.92 Å². The molecule has 2 N–H and O–H groups in total. The number of nitrogens with one attached hydrogen (secondary N) is 2. The van der Waals surface area contributed by atoms with Gasteiger partial charge in [-0.05, 0) is 123 Å². The van der Waals surface area contributed by atoms with E-state index in [0.29, 0.717) is 37.3 Å². The Morgan fingerprint density at radius 1 is 0.372 bits per heavy atom. The van der Waals surface area contributed by atoms with Gasteiger partial charge in [0.1, 0.15) is 0 Å². The van der Waals surface area contributed by atoms with Gasteiger partial charge in [-0.15, -0.1) is 18.1 Å².